The lowest BCUT2D eigenvalue weighted by atomic mass is 10.0. The van der Waals surface area contributed by atoms with Crippen molar-refractivity contribution in [3.8, 4) is 28.5 Å². The van der Waals surface area contributed by atoms with Gasteiger partial charge in [0.2, 0.25) is 11.8 Å². The predicted octanol–water partition coefficient (Wildman–Crippen LogP) is 5.53. The van der Waals surface area contributed by atoms with E-state index in [1.54, 1.807) is 52.1 Å². The van der Waals surface area contributed by atoms with Crippen molar-refractivity contribution in [3.63, 3.8) is 0 Å². The summed E-state index contributed by atoms with van der Waals surface area (Å²) in [4.78, 5) is 60.4. The molecule has 0 radical (unpaired) electrons. The van der Waals surface area contributed by atoms with E-state index in [1.165, 1.54) is 4.90 Å². The van der Waals surface area contributed by atoms with Crippen molar-refractivity contribution in [2.45, 2.75) is 82.7 Å². The van der Waals surface area contributed by atoms with Crippen LogP contribution in [0.5, 0.6) is 17.2 Å². The number of pyridine rings is 1. The summed E-state index contributed by atoms with van der Waals surface area (Å²) in [5.41, 5.74) is 2.03. The lowest BCUT2D eigenvalue weighted by Crippen LogP contribution is -2.56. The Hall–Kier alpha value is -5.85. The van der Waals surface area contributed by atoms with E-state index in [2.05, 4.69) is 10.6 Å². The second-order valence-corrected chi connectivity index (χ2v) is 14.5. The van der Waals surface area contributed by atoms with Gasteiger partial charge in [-0.1, -0.05) is 42.5 Å². The molecule has 1 fully saturated rings. The first kappa shape index (κ1) is 37.9. The number of rotatable bonds is 6. The number of fused-ring (bicyclic) bond motifs is 4. The number of hydrogen-bond acceptors (Lipinski definition) is 9. The molecule has 4 atom stereocenters. The molecule has 0 aliphatic carbocycles. The second kappa shape index (κ2) is 16.4. The van der Waals surface area contributed by atoms with Gasteiger partial charge in [0.15, 0.2) is 0 Å². The summed E-state index contributed by atoms with van der Waals surface area (Å²) in [6, 6.07) is 20.7. The van der Waals surface area contributed by atoms with E-state index in [9.17, 15) is 24.3 Å². The molecule has 1 saturated heterocycles. The van der Waals surface area contributed by atoms with Gasteiger partial charge in [0.05, 0.1) is 31.5 Å². The largest absolute Gasteiger partial charge is 0.497 e. The Morgan fingerprint density at radius 3 is 2.54 bits per heavy atom. The number of alkyl carbamates (subject to hydrolysis) is 1. The van der Waals surface area contributed by atoms with Crippen molar-refractivity contribution in [1.82, 2.24) is 20.5 Å². The average molecular weight is 739 g/mol. The highest BCUT2D eigenvalue weighted by Gasteiger charge is 2.44. The highest BCUT2D eigenvalue weighted by atomic mass is 16.6. The number of ether oxygens (including phenoxy) is 4. The topological polar surface area (TPSA) is 166 Å². The van der Waals surface area contributed by atoms with Crippen molar-refractivity contribution in [1.29, 1.82) is 0 Å². The molecule has 2 bridgehead atoms. The summed E-state index contributed by atoms with van der Waals surface area (Å²) >= 11 is 0. The maximum atomic E-state index is 14.6. The summed E-state index contributed by atoms with van der Waals surface area (Å²) in [6.45, 7) is 5.47. The van der Waals surface area contributed by atoms with Gasteiger partial charge < -0.3 is 39.6 Å². The van der Waals surface area contributed by atoms with E-state index in [4.69, 9.17) is 23.9 Å². The molecule has 1 aromatic heterocycles. The van der Waals surface area contributed by atoms with E-state index in [0.29, 0.717) is 53.3 Å². The van der Waals surface area contributed by atoms with Crippen LogP contribution in [-0.4, -0.2) is 89.0 Å². The number of methoxy groups -OCH3 is 1. The SMILES string of the molecule is COc1ccc2c(O[C@@H]3C[C@H]4C(=O)N[C@H](C(=O)O)CCCCOc5cccc(c5)C[C@@H](NC(=O)OC(C)(C)C)C(=O)N4C3)cc(-c3ccccc3)nc2c1. The molecule has 3 N–H and O–H groups in total. The number of hydrogen-bond donors (Lipinski definition) is 3. The number of nitrogens with one attached hydrogen (secondary N) is 2. The fraction of sp³-hybridized carbons (Fsp3) is 0.390. The lowest BCUT2D eigenvalue weighted by molar-refractivity contribution is -0.144. The molecule has 13 heteroatoms. The number of carbonyl (C=O) groups excluding carboxylic acids is 3. The minimum atomic E-state index is -1.19. The Bertz CT molecular complexity index is 2000. The van der Waals surface area contributed by atoms with Crippen molar-refractivity contribution < 1.29 is 43.2 Å². The van der Waals surface area contributed by atoms with E-state index in [0.717, 1.165) is 11.1 Å². The standard InChI is InChI=1S/C41H46N4O9/c1-41(2,3)54-40(50)44-34-20-25-11-10-14-28(19-25)52-18-9-8-15-31(39(48)49)43-37(46)35-22-29(24-45(35)38(34)47)53-36-23-32(26-12-6-5-7-13-26)42-33-21-27(51-4)16-17-30(33)36/h5-7,10-14,16-17,19,21,23,29,31,34-35H,8-9,15,18,20,22,24H2,1-4H3,(H,43,46)(H,44,50)(H,48,49)/t29-,31+,34-,35+/m1/s1. The van der Waals surface area contributed by atoms with Gasteiger partial charge in [-0.25, -0.2) is 14.6 Å². The molecule has 0 spiro atoms. The van der Waals surface area contributed by atoms with Crippen LogP contribution >= 0.6 is 0 Å². The van der Waals surface area contributed by atoms with Gasteiger partial charge in [-0.05, 0) is 69.9 Å². The van der Waals surface area contributed by atoms with Crippen molar-refractivity contribution >= 4 is 34.8 Å². The van der Waals surface area contributed by atoms with E-state index in [-0.39, 0.29) is 25.8 Å². The van der Waals surface area contributed by atoms with Gasteiger partial charge in [-0.3, -0.25) is 9.59 Å². The number of carboxylic acids is 1. The fourth-order valence-electron chi connectivity index (χ4n) is 6.73. The zero-order valence-corrected chi connectivity index (χ0v) is 30.9. The minimum Gasteiger partial charge on any atom is -0.497 e. The molecule has 0 unspecified atom stereocenters. The second-order valence-electron chi connectivity index (χ2n) is 14.5. The number of aliphatic carboxylic acids is 1. The van der Waals surface area contributed by atoms with E-state index < -0.39 is 53.7 Å². The molecule has 2 aliphatic heterocycles. The third-order valence-corrected chi connectivity index (χ3v) is 9.29. The van der Waals surface area contributed by atoms with Gasteiger partial charge in [0.1, 0.15) is 47.1 Å². The van der Waals surface area contributed by atoms with E-state index in [1.807, 2.05) is 54.6 Å². The Balaban J connectivity index is 1.37. The Morgan fingerprint density at radius 2 is 1.80 bits per heavy atom. The quantitative estimate of drug-likeness (QED) is 0.229. The normalized spacial score (nSPS) is 21.0. The number of amides is 3. The van der Waals surface area contributed by atoms with Gasteiger partial charge in [-0.2, -0.15) is 0 Å². The molecular weight excluding hydrogens is 692 g/mol. The highest BCUT2D eigenvalue weighted by molar-refractivity contribution is 5.94. The molecule has 3 aromatic carbocycles. The molecule has 4 aromatic rings. The number of aromatic nitrogens is 1. The third kappa shape index (κ3) is 9.38. The molecule has 3 amide bonds. The average Bonchev–Trinajstić information content (AvgIpc) is 3.56. The van der Waals surface area contributed by atoms with Crippen LogP contribution < -0.4 is 24.8 Å². The Labute approximate surface area is 313 Å². The van der Waals surface area contributed by atoms with Crippen LogP contribution in [0.15, 0.2) is 78.9 Å². The summed E-state index contributed by atoms with van der Waals surface area (Å²) in [5, 5.41) is 16.2. The zero-order valence-electron chi connectivity index (χ0n) is 30.9. The van der Waals surface area contributed by atoms with Crippen LogP contribution in [-0.2, 0) is 25.5 Å². The summed E-state index contributed by atoms with van der Waals surface area (Å²) in [5.74, 6) is -0.676. The van der Waals surface area contributed by atoms with E-state index >= 15 is 0 Å². The van der Waals surface area contributed by atoms with Crippen molar-refractivity contribution in [2.24, 2.45) is 0 Å². The molecule has 0 saturated carbocycles. The maximum Gasteiger partial charge on any atom is 0.408 e. The molecule has 3 heterocycles. The maximum absolute atomic E-state index is 14.6. The zero-order chi connectivity index (χ0) is 38.4. The van der Waals surface area contributed by atoms with Crippen LogP contribution in [0.3, 0.4) is 0 Å². The summed E-state index contributed by atoms with van der Waals surface area (Å²) < 4.78 is 23.6. The van der Waals surface area contributed by atoms with Crippen molar-refractivity contribution in [3.05, 3.63) is 84.4 Å². The Morgan fingerprint density at radius 1 is 1.00 bits per heavy atom. The predicted molar refractivity (Wildman–Crippen MR) is 200 cm³/mol. The van der Waals surface area contributed by atoms with Gasteiger partial charge in [-0.15, -0.1) is 0 Å². The number of carbonyl (C=O) groups is 4. The van der Waals surface area contributed by atoms with Crippen LogP contribution in [0.4, 0.5) is 4.79 Å². The van der Waals surface area contributed by atoms with Gasteiger partial charge in [0, 0.05) is 35.9 Å². The monoisotopic (exact) mass is 738 g/mol. The summed E-state index contributed by atoms with van der Waals surface area (Å²) in [7, 11) is 1.58. The lowest BCUT2D eigenvalue weighted by Gasteiger charge is -2.30. The highest BCUT2D eigenvalue weighted by Crippen LogP contribution is 2.35. The fourth-order valence-corrected chi connectivity index (χ4v) is 6.73. The van der Waals surface area contributed by atoms with Gasteiger partial charge in [0.25, 0.3) is 0 Å². The first-order chi connectivity index (χ1) is 25.9. The molecule has 6 rings (SSSR count). The van der Waals surface area contributed by atoms with Crippen LogP contribution in [0.25, 0.3) is 22.2 Å². The first-order valence-corrected chi connectivity index (χ1v) is 18.1. The molecule has 284 valence electrons. The Kier molecular flexibility index (Phi) is 11.5. The number of carboxylic acid groups (broad SMARTS) is 1. The van der Waals surface area contributed by atoms with Crippen LogP contribution in [0.2, 0.25) is 0 Å². The van der Waals surface area contributed by atoms with Crippen molar-refractivity contribution in [2.75, 3.05) is 20.3 Å². The van der Waals surface area contributed by atoms with Crippen LogP contribution in [0, 0.1) is 0 Å². The minimum absolute atomic E-state index is 0.0229. The summed E-state index contributed by atoms with van der Waals surface area (Å²) in [6.07, 6.45) is -0.135. The first-order valence-electron chi connectivity index (χ1n) is 18.1. The molecular formula is C41H46N4O9. The third-order valence-electron chi connectivity index (χ3n) is 9.29. The smallest absolute Gasteiger partial charge is 0.408 e. The molecule has 2 aliphatic rings. The number of nitrogens with zero attached hydrogens (tertiary/aromatic N) is 2. The molecule has 54 heavy (non-hydrogen) atoms. The number of benzene rings is 3. The van der Waals surface area contributed by atoms with Crippen LogP contribution in [0.1, 0.15) is 52.0 Å². The van der Waals surface area contributed by atoms with Gasteiger partial charge >= 0.3 is 12.1 Å². The molecule has 13 nitrogen and oxygen atoms in total.